The number of nitrogens with zero attached hydrogens (tertiary/aromatic N) is 1. The highest BCUT2D eigenvalue weighted by molar-refractivity contribution is 5.88. The van der Waals surface area contributed by atoms with Gasteiger partial charge in [-0.3, -0.25) is 4.79 Å². The van der Waals surface area contributed by atoms with Gasteiger partial charge in [-0.25, -0.2) is 0 Å². The van der Waals surface area contributed by atoms with Crippen LogP contribution in [-0.4, -0.2) is 35.1 Å². The molecule has 3 nitrogen and oxygen atoms in total. The van der Waals surface area contributed by atoms with Crippen LogP contribution in [0.1, 0.15) is 31.2 Å². The van der Waals surface area contributed by atoms with Crippen molar-refractivity contribution in [2.24, 2.45) is 0 Å². The van der Waals surface area contributed by atoms with Crippen LogP contribution in [0.15, 0.2) is 42.5 Å². The first-order valence-electron chi connectivity index (χ1n) is 7.60. The van der Waals surface area contributed by atoms with Gasteiger partial charge in [0.1, 0.15) is 0 Å². The molecular weight excluding hydrogens is 262 g/mol. The van der Waals surface area contributed by atoms with Crippen molar-refractivity contribution in [2.75, 3.05) is 13.2 Å². The lowest BCUT2D eigenvalue weighted by molar-refractivity contribution is -0.133. The van der Waals surface area contributed by atoms with Crippen LogP contribution in [0.4, 0.5) is 0 Å². The zero-order valence-electron chi connectivity index (χ0n) is 12.3. The van der Waals surface area contributed by atoms with Gasteiger partial charge in [-0.15, -0.1) is 0 Å². The van der Waals surface area contributed by atoms with E-state index in [1.165, 1.54) is 5.39 Å². The summed E-state index contributed by atoms with van der Waals surface area (Å²) in [6, 6.07) is 14.7. The van der Waals surface area contributed by atoms with Crippen LogP contribution < -0.4 is 0 Å². The van der Waals surface area contributed by atoms with Gasteiger partial charge in [0, 0.05) is 12.6 Å². The van der Waals surface area contributed by atoms with E-state index in [-0.39, 0.29) is 18.4 Å². The average molecular weight is 283 g/mol. The fourth-order valence-corrected chi connectivity index (χ4v) is 2.84. The number of amides is 1. The predicted molar refractivity (Wildman–Crippen MR) is 84.2 cm³/mol. The fraction of sp³-hybridized carbons (Fsp3) is 0.389. The van der Waals surface area contributed by atoms with Crippen molar-refractivity contribution in [3.8, 4) is 0 Å². The van der Waals surface area contributed by atoms with E-state index in [1.54, 1.807) is 0 Å². The number of aliphatic hydroxyl groups is 1. The number of benzene rings is 2. The number of fused-ring (bicyclic) bond motifs is 1. The molecule has 0 bridgehead atoms. The number of hydrogen-bond donors (Lipinski definition) is 1. The molecule has 1 aliphatic carbocycles. The van der Waals surface area contributed by atoms with Crippen molar-refractivity contribution in [2.45, 2.75) is 31.7 Å². The van der Waals surface area contributed by atoms with E-state index in [4.69, 9.17) is 5.11 Å². The molecule has 3 rings (SSSR count). The summed E-state index contributed by atoms with van der Waals surface area (Å²) in [5.74, 6) is -0.0383. The number of hydrogen-bond acceptors (Lipinski definition) is 2. The number of aliphatic hydroxyl groups excluding tert-OH is 1. The van der Waals surface area contributed by atoms with Gasteiger partial charge in [0.15, 0.2) is 0 Å². The molecule has 0 spiro atoms. The van der Waals surface area contributed by atoms with Crippen LogP contribution in [0.25, 0.3) is 10.8 Å². The Labute approximate surface area is 125 Å². The standard InChI is InChI=1S/C18H21NO2/c1-13(18(21)19(10-11-20)17-8-9-17)15-7-6-14-4-2-3-5-16(14)12-15/h2-7,12-13,17,20H,8-11H2,1H3. The van der Waals surface area contributed by atoms with Crippen molar-refractivity contribution in [3.63, 3.8) is 0 Å². The van der Waals surface area contributed by atoms with Crippen LogP contribution >= 0.6 is 0 Å². The Balaban J connectivity index is 1.84. The molecule has 2 aromatic rings. The zero-order valence-corrected chi connectivity index (χ0v) is 12.3. The SMILES string of the molecule is CC(C(=O)N(CCO)C1CC1)c1ccc2ccccc2c1. The monoisotopic (exact) mass is 283 g/mol. The topological polar surface area (TPSA) is 40.5 Å². The van der Waals surface area contributed by atoms with Crippen molar-refractivity contribution < 1.29 is 9.90 Å². The average Bonchev–Trinajstić information content (AvgIpc) is 3.35. The van der Waals surface area contributed by atoms with Gasteiger partial charge in [0.25, 0.3) is 0 Å². The fourth-order valence-electron chi connectivity index (χ4n) is 2.84. The lowest BCUT2D eigenvalue weighted by Gasteiger charge is -2.25. The van der Waals surface area contributed by atoms with Crippen molar-refractivity contribution in [3.05, 3.63) is 48.0 Å². The molecule has 1 atom stereocenters. The first-order chi connectivity index (χ1) is 10.2. The minimum absolute atomic E-state index is 0.0344. The Bertz CT molecular complexity index is 648. The maximum Gasteiger partial charge on any atom is 0.230 e. The molecule has 0 aromatic heterocycles. The first-order valence-corrected chi connectivity index (χ1v) is 7.60. The molecule has 110 valence electrons. The van der Waals surface area contributed by atoms with E-state index < -0.39 is 0 Å². The van der Waals surface area contributed by atoms with Gasteiger partial charge in [-0.2, -0.15) is 0 Å². The maximum atomic E-state index is 12.7. The number of carbonyl (C=O) groups excluding carboxylic acids is 1. The third kappa shape index (κ3) is 2.93. The summed E-state index contributed by atoms with van der Waals surface area (Å²) in [5, 5.41) is 11.5. The molecule has 1 fully saturated rings. The van der Waals surface area contributed by atoms with Crippen LogP contribution in [0.2, 0.25) is 0 Å². The van der Waals surface area contributed by atoms with E-state index in [0.29, 0.717) is 12.6 Å². The molecule has 1 N–H and O–H groups in total. The minimum atomic E-state index is -0.165. The van der Waals surface area contributed by atoms with Gasteiger partial charge in [-0.1, -0.05) is 42.5 Å². The Morgan fingerprint density at radius 3 is 2.62 bits per heavy atom. The molecule has 2 aromatic carbocycles. The minimum Gasteiger partial charge on any atom is -0.395 e. The van der Waals surface area contributed by atoms with Gasteiger partial charge in [0.2, 0.25) is 5.91 Å². The summed E-state index contributed by atoms with van der Waals surface area (Å²) in [5.41, 5.74) is 1.04. The summed E-state index contributed by atoms with van der Waals surface area (Å²) in [4.78, 5) is 14.5. The molecule has 0 heterocycles. The van der Waals surface area contributed by atoms with Crippen molar-refractivity contribution >= 4 is 16.7 Å². The third-order valence-corrected chi connectivity index (χ3v) is 4.26. The molecule has 1 unspecified atom stereocenters. The van der Waals surface area contributed by atoms with Crippen LogP contribution in [0, 0.1) is 0 Å². The van der Waals surface area contributed by atoms with Crippen LogP contribution in [-0.2, 0) is 4.79 Å². The summed E-state index contributed by atoms with van der Waals surface area (Å²) in [6.07, 6.45) is 2.13. The molecule has 0 radical (unpaired) electrons. The van der Waals surface area contributed by atoms with Gasteiger partial charge in [-0.05, 0) is 36.1 Å². The molecular formula is C18H21NO2. The maximum absolute atomic E-state index is 12.7. The highest BCUT2D eigenvalue weighted by Crippen LogP contribution is 2.30. The predicted octanol–water partition coefficient (Wildman–Crippen LogP) is 2.93. The normalized spacial score (nSPS) is 15.9. The first kappa shape index (κ1) is 14.1. The zero-order chi connectivity index (χ0) is 14.8. The summed E-state index contributed by atoms with van der Waals surface area (Å²) < 4.78 is 0. The van der Waals surface area contributed by atoms with Gasteiger partial charge in [0.05, 0.1) is 12.5 Å². The van der Waals surface area contributed by atoms with E-state index in [1.807, 2.05) is 30.0 Å². The molecule has 0 saturated heterocycles. The second-order valence-electron chi connectivity index (χ2n) is 5.81. The van der Waals surface area contributed by atoms with Gasteiger partial charge < -0.3 is 10.0 Å². The Morgan fingerprint density at radius 1 is 1.24 bits per heavy atom. The molecule has 3 heteroatoms. The van der Waals surface area contributed by atoms with Crippen molar-refractivity contribution in [1.29, 1.82) is 0 Å². The summed E-state index contributed by atoms with van der Waals surface area (Å²) in [6.45, 7) is 2.44. The van der Waals surface area contributed by atoms with Crippen LogP contribution in [0.3, 0.4) is 0 Å². The molecule has 1 amide bonds. The largest absolute Gasteiger partial charge is 0.395 e. The second-order valence-corrected chi connectivity index (χ2v) is 5.81. The van der Waals surface area contributed by atoms with Crippen molar-refractivity contribution in [1.82, 2.24) is 4.90 Å². The highest BCUT2D eigenvalue weighted by Gasteiger charge is 2.34. The smallest absolute Gasteiger partial charge is 0.230 e. The number of carbonyl (C=O) groups is 1. The summed E-state index contributed by atoms with van der Waals surface area (Å²) in [7, 11) is 0. The lowest BCUT2D eigenvalue weighted by atomic mass is 9.96. The number of rotatable bonds is 5. The van der Waals surface area contributed by atoms with Gasteiger partial charge >= 0.3 is 0 Å². The molecule has 0 aliphatic heterocycles. The van der Waals surface area contributed by atoms with E-state index in [2.05, 4.69) is 24.3 Å². The van der Waals surface area contributed by atoms with Crippen LogP contribution in [0.5, 0.6) is 0 Å². The van der Waals surface area contributed by atoms with E-state index >= 15 is 0 Å². The Hall–Kier alpha value is -1.87. The highest BCUT2D eigenvalue weighted by atomic mass is 16.3. The summed E-state index contributed by atoms with van der Waals surface area (Å²) >= 11 is 0. The molecule has 1 aliphatic rings. The quantitative estimate of drug-likeness (QED) is 0.916. The Morgan fingerprint density at radius 2 is 1.95 bits per heavy atom. The lowest BCUT2D eigenvalue weighted by Crippen LogP contribution is -2.38. The van der Waals surface area contributed by atoms with E-state index in [0.717, 1.165) is 23.8 Å². The third-order valence-electron chi connectivity index (χ3n) is 4.26. The molecule has 1 saturated carbocycles. The Kier molecular flexibility index (Phi) is 3.93. The van der Waals surface area contributed by atoms with E-state index in [9.17, 15) is 4.79 Å². The second kappa shape index (κ2) is 5.86. The molecule has 21 heavy (non-hydrogen) atoms.